The minimum absolute atomic E-state index is 0.174. The van der Waals surface area contributed by atoms with Crippen molar-refractivity contribution in [3.05, 3.63) is 0 Å². The minimum Gasteiger partial charge on any atom is -0.463 e. The summed E-state index contributed by atoms with van der Waals surface area (Å²) in [6.07, 6.45) is 1.26. The predicted molar refractivity (Wildman–Crippen MR) is 98.8 cm³/mol. The summed E-state index contributed by atoms with van der Waals surface area (Å²) in [4.78, 5) is 11.1. The Balaban J connectivity index is 3.01. The van der Waals surface area contributed by atoms with Gasteiger partial charge in [0.1, 0.15) is 6.61 Å². The summed E-state index contributed by atoms with van der Waals surface area (Å²) in [6, 6.07) is 0. The van der Waals surface area contributed by atoms with Crippen LogP contribution in [-0.4, -0.2) is 83.1 Å². The fourth-order valence-electron chi connectivity index (χ4n) is 1.53. The highest BCUT2D eigenvalue weighted by Crippen LogP contribution is 1.91. The number of esters is 1. The molecule has 0 spiro atoms. The van der Waals surface area contributed by atoms with Crippen LogP contribution in [0, 0.1) is 0 Å². The Bertz CT molecular complexity index is 267. The van der Waals surface area contributed by atoms with Crippen LogP contribution in [0.5, 0.6) is 0 Å². The summed E-state index contributed by atoms with van der Waals surface area (Å²) in [5, 5.41) is 0. The van der Waals surface area contributed by atoms with Crippen molar-refractivity contribution in [1.29, 1.82) is 0 Å². The van der Waals surface area contributed by atoms with Crippen molar-refractivity contribution in [1.82, 2.24) is 0 Å². The van der Waals surface area contributed by atoms with Crippen LogP contribution in [0.3, 0.4) is 0 Å². The number of rotatable bonds is 19. The van der Waals surface area contributed by atoms with Crippen molar-refractivity contribution in [3.63, 3.8) is 0 Å². The quantitative estimate of drug-likeness (QED) is 0.126. The molecule has 0 saturated heterocycles. The van der Waals surface area contributed by atoms with Gasteiger partial charge in [0, 0.05) is 10.8 Å². The molecular weight excluding hydrogens is 431 g/mol. The molecule has 144 valence electrons. The van der Waals surface area contributed by atoms with Gasteiger partial charge in [0.25, 0.3) is 0 Å². The Labute approximate surface area is 158 Å². The van der Waals surface area contributed by atoms with E-state index in [9.17, 15) is 4.79 Å². The van der Waals surface area contributed by atoms with Crippen molar-refractivity contribution in [2.45, 2.75) is 19.8 Å². The van der Waals surface area contributed by atoms with E-state index >= 15 is 0 Å². The number of ether oxygens (including phenoxy) is 6. The molecular formula is C16H31IO7. The average molecular weight is 462 g/mol. The van der Waals surface area contributed by atoms with E-state index in [1.807, 2.05) is 6.92 Å². The van der Waals surface area contributed by atoms with Crippen molar-refractivity contribution < 1.29 is 33.2 Å². The molecule has 0 amide bonds. The lowest BCUT2D eigenvalue weighted by Crippen LogP contribution is -2.15. The van der Waals surface area contributed by atoms with Crippen molar-refractivity contribution >= 4 is 28.6 Å². The van der Waals surface area contributed by atoms with Crippen LogP contribution in [0.25, 0.3) is 0 Å². The largest absolute Gasteiger partial charge is 0.463 e. The van der Waals surface area contributed by atoms with E-state index in [-0.39, 0.29) is 5.97 Å². The molecule has 8 heteroatoms. The second-order valence-corrected chi connectivity index (χ2v) is 5.80. The number of hydrogen-bond donors (Lipinski definition) is 0. The molecule has 0 fully saturated rings. The topological polar surface area (TPSA) is 72.5 Å². The van der Waals surface area contributed by atoms with Crippen molar-refractivity contribution in [2.75, 3.05) is 77.1 Å². The van der Waals surface area contributed by atoms with Gasteiger partial charge in [-0.1, -0.05) is 29.5 Å². The lowest BCUT2D eigenvalue weighted by atomic mass is 10.3. The summed E-state index contributed by atoms with van der Waals surface area (Å²) >= 11 is 2.27. The van der Waals surface area contributed by atoms with E-state index in [4.69, 9.17) is 28.4 Å². The van der Waals surface area contributed by atoms with Gasteiger partial charge in [0.05, 0.1) is 66.1 Å². The van der Waals surface area contributed by atoms with Crippen molar-refractivity contribution in [3.8, 4) is 0 Å². The summed E-state index contributed by atoms with van der Waals surface area (Å²) in [5.41, 5.74) is 0. The molecule has 24 heavy (non-hydrogen) atoms. The maximum atomic E-state index is 11.1. The van der Waals surface area contributed by atoms with Gasteiger partial charge in [-0.05, 0) is 6.42 Å². The third kappa shape index (κ3) is 20.0. The van der Waals surface area contributed by atoms with Crippen LogP contribution in [0.4, 0.5) is 0 Å². The van der Waals surface area contributed by atoms with Gasteiger partial charge in [-0.2, -0.15) is 0 Å². The first-order chi connectivity index (χ1) is 11.8. The second-order valence-electron chi connectivity index (χ2n) is 4.72. The van der Waals surface area contributed by atoms with Gasteiger partial charge < -0.3 is 28.4 Å². The molecule has 7 nitrogen and oxygen atoms in total. The van der Waals surface area contributed by atoms with E-state index in [0.717, 1.165) is 17.5 Å². The highest BCUT2D eigenvalue weighted by Gasteiger charge is 1.99. The summed E-state index contributed by atoms with van der Waals surface area (Å²) in [6.45, 7) is 7.77. The zero-order chi connectivity index (χ0) is 17.7. The van der Waals surface area contributed by atoms with E-state index in [1.54, 1.807) is 0 Å². The smallest absolute Gasteiger partial charge is 0.305 e. The van der Waals surface area contributed by atoms with Crippen LogP contribution in [0.1, 0.15) is 19.8 Å². The standard InChI is InChI=1S/C16H31IO7/c1-2-3-16(18)24-15-14-23-13-12-22-11-10-21-9-8-20-7-6-19-5-4-17/h2-15H2,1H3. The number of hydrogen-bond acceptors (Lipinski definition) is 7. The Hall–Kier alpha value is -0.000000000000000222. The number of alkyl halides is 1. The Kier molecular flexibility index (Phi) is 21.0. The monoisotopic (exact) mass is 462 g/mol. The normalized spacial score (nSPS) is 10.9. The minimum atomic E-state index is -0.174. The predicted octanol–water partition coefficient (Wildman–Crippen LogP) is 1.85. The zero-order valence-electron chi connectivity index (χ0n) is 14.6. The Morgan fingerprint density at radius 2 is 1.04 bits per heavy atom. The molecule has 0 radical (unpaired) electrons. The molecule has 0 heterocycles. The Morgan fingerprint density at radius 1 is 0.667 bits per heavy atom. The average Bonchev–Trinajstić information content (AvgIpc) is 2.58. The molecule has 0 rings (SSSR count). The maximum Gasteiger partial charge on any atom is 0.305 e. The zero-order valence-corrected chi connectivity index (χ0v) is 16.8. The molecule has 0 aliphatic heterocycles. The molecule has 0 aliphatic rings. The molecule has 0 aromatic heterocycles. The van der Waals surface area contributed by atoms with Gasteiger partial charge in [-0.15, -0.1) is 0 Å². The number of carbonyl (C=O) groups excluding carboxylic acids is 1. The first kappa shape index (κ1) is 24.0. The SMILES string of the molecule is CCCC(=O)OCCOCCOCCOCCOCCOCCI. The first-order valence-corrected chi connectivity index (χ1v) is 9.94. The molecule has 0 aromatic rings. The second kappa shape index (κ2) is 21.0. The van der Waals surface area contributed by atoms with Crippen LogP contribution in [0.2, 0.25) is 0 Å². The fraction of sp³-hybridized carbons (Fsp3) is 0.938. The van der Waals surface area contributed by atoms with Gasteiger partial charge >= 0.3 is 5.97 Å². The third-order valence-corrected chi connectivity index (χ3v) is 3.09. The van der Waals surface area contributed by atoms with Gasteiger partial charge in [0.15, 0.2) is 0 Å². The molecule has 0 saturated carbocycles. The van der Waals surface area contributed by atoms with Crippen LogP contribution < -0.4 is 0 Å². The van der Waals surface area contributed by atoms with Gasteiger partial charge in [-0.3, -0.25) is 4.79 Å². The van der Waals surface area contributed by atoms with Gasteiger partial charge in [0.2, 0.25) is 0 Å². The Morgan fingerprint density at radius 3 is 1.42 bits per heavy atom. The summed E-state index contributed by atoms with van der Waals surface area (Å²) in [7, 11) is 0. The third-order valence-electron chi connectivity index (χ3n) is 2.65. The lowest BCUT2D eigenvalue weighted by molar-refractivity contribution is -0.145. The molecule has 0 bridgehead atoms. The van der Waals surface area contributed by atoms with E-state index in [0.29, 0.717) is 72.5 Å². The highest BCUT2D eigenvalue weighted by molar-refractivity contribution is 14.1. The fourth-order valence-corrected chi connectivity index (χ4v) is 1.84. The molecule has 0 atom stereocenters. The lowest BCUT2D eigenvalue weighted by Gasteiger charge is -2.08. The summed E-state index contributed by atoms with van der Waals surface area (Å²) < 4.78 is 32.6. The number of halogens is 1. The number of carbonyl (C=O) groups is 1. The highest BCUT2D eigenvalue weighted by atomic mass is 127. The van der Waals surface area contributed by atoms with E-state index < -0.39 is 0 Å². The van der Waals surface area contributed by atoms with E-state index in [2.05, 4.69) is 22.6 Å². The first-order valence-electron chi connectivity index (χ1n) is 8.41. The molecule has 0 aliphatic carbocycles. The van der Waals surface area contributed by atoms with E-state index in [1.165, 1.54) is 0 Å². The van der Waals surface area contributed by atoms with Crippen LogP contribution in [0.15, 0.2) is 0 Å². The molecule has 0 unspecified atom stereocenters. The van der Waals surface area contributed by atoms with Crippen molar-refractivity contribution in [2.24, 2.45) is 0 Å². The summed E-state index contributed by atoms with van der Waals surface area (Å²) in [5.74, 6) is -0.174. The van der Waals surface area contributed by atoms with Crippen LogP contribution >= 0.6 is 22.6 Å². The molecule has 0 aromatic carbocycles. The maximum absolute atomic E-state index is 11.1. The molecule has 0 N–H and O–H groups in total. The van der Waals surface area contributed by atoms with Gasteiger partial charge in [-0.25, -0.2) is 0 Å². The van der Waals surface area contributed by atoms with Crippen LogP contribution in [-0.2, 0) is 33.2 Å².